The summed E-state index contributed by atoms with van der Waals surface area (Å²) < 4.78 is 9.50. The number of aromatic nitrogens is 4. The Kier molecular flexibility index (Phi) is 11.7. The van der Waals surface area contributed by atoms with Gasteiger partial charge in [0.2, 0.25) is 11.8 Å². The number of ether oxygens (including phenoxy) is 2. The van der Waals surface area contributed by atoms with Crippen LogP contribution in [0.25, 0.3) is 33.6 Å². The van der Waals surface area contributed by atoms with Crippen LogP contribution in [0.15, 0.2) is 60.9 Å². The van der Waals surface area contributed by atoms with Gasteiger partial charge in [-0.2, -0.15) is 0 Å². The van der Waals surface area contributed by atoms with Crippen LogP contribution >= 0.6 is 0 Å². The molecular weight excluding hydrogens is 688 g/mol. The number of carbonyl (C=O) groups is 4. The fourth-order valence-corrected chi connectivity index (χ4v) is 7.38. The van der Waals surface area contributed by atoms with Crippen LogP contribution in [0, 0.1) is 11.8 Å². The Hall–Kier alpha value is -5.66. The van der Waals surface area contributed by atoms with Crippen molar-refractivity contribution < 1.29 is 28.7 Å². The lowest BCUT2D eigenvalue weighted by Gasteiger charge is -2.30. The minimum atomic E-state index is -0.687. The number of nitrogens with one attached hydrogen (secondary N) is 4. The van der Waals surface area contributed by atoms with Crippen molar-refractivity contribution in [3.05, 3.63) is 72.6 Å². The zero-order chi connectivity index (χ0) is 38.5. The second kappa shape index (κ2) is 16.6. The first-order valence-electron chi connectivity index (χ1n) is 18.6. The van der Waals surface area contributed by atoms with Gasteiger partial charge < -0.3 is 39.9 Å². The average molecular weight is 739 g/mol. The summed E-state index contributed by atoms with van der Waals surface area (Å²) in [6.45, 7) is 8.78. The summed E-state index contributed by atoms with van der Waals surface area (Å²) in [7, 11) is 2.58. The third-order valence-electron chi connectivity index (χ3n) is 10.4. The molecule has 2 fully saturated rings. The summed E-state index contributed by atoms with van der Waals surface area (Å²) >= 11 is 0. The Morgan fingerprint density at radius 2 is 0.981 bits per heavy atom. The second-order valence-electron chi connectivity index (χ2n) is 14.6. The Morgan fingerprint density at radius 3 is 1.31 bits per heavy atom. The van der Waals surface area contributed by atoms with Crippen LogP contribution in [0.1, 0.15) is 77.1 Å². The van der Waals surface area contributed by atoms with Gasteiger partial charge >= 0.3 is 12.2 Å². The molecule has 14 heteroatoms. The van der Waals surface area contributed by atoms with Crippen molar-refractivity contribution in [1.29, 1.82) is 0 Å². The molecular formula is C40H50N8O6. The Labute approximate surface area is 315 Å². The standard InChI is InChI=1S/C40H50N8O6/c1-23(2)33(45-39(51)53-5)37(49)47-19-7-9-31(47)35-41-21-29(43-35)27-15-11-25(12-16-27)26-13-17-28(18-14-26)30-22-42-36(44-30)32-10-8-20-48(32)38(50)34(24(3)4)46-40(52)54-6/h11-18,21-24,31-34H,7-10,19-20H2,1-6H3,(H,41,43)(H,42,44)(H,45,51)(H,46,52)/t31-,32-,33+,34+/m1/s1. The van der Waals surface area contributed by atoms with Crippen LogP contribution in [0.4, 0.5) is 9.59 Å². The molecule has 0 bridgehead atoms. The first-order chi connectivity index (χ1) is 26.0. The van der Waals surface area contributed by atoms with Gasteiger partial charge in [0.1, 0.15) is 23.7 Å². The topological polar surface area (TPSA) is 175 Å². The lowest BCUT2D eigenvalue weighted by atomic mass is 10.0. The number of amides is 4. The molecule has 4 heterocycles. The predicted octanol–water partition coefficient (Wildman–Crippen LogP) is 6.22. The molecule has 0 unspecified atom stereocenters. The molecule has 4 aromatic rings. The molecule has 4 N–H and O–H groups in total. The van der Waals surface area contributed by atoms with Crippen LogP contribution in [0.2, 0.25) is 0 Å². The molecule has 4 amide bonds. The fraction of sp³-hybridized carbons (Fsp3) is 0.450. The second-order valence-corrected chi connectivity index (χ2v) is 14.6. The number of hydrogen-bond acceptors (Lipinski definition) is 8. The minimum Gasteiger partial charge on any atom is -0.453 e. The van der Waals surface area contributed by atoms with E-state index in [1.165, 1.54) is 14.2 Å². The van der Waals surface area contributed by atoms with Crippen molar-refractivity contribution in [3.8, 4) is 33.6 Å². The third kappa shape index (κ3) is 8.12. The number of imidazole rings is 2. The number of H-pyrrole nitrogens is 2. The molecule has 2 aromatic heterocycles. The van der Waals surface area contributed by atoms with Crippen molar-refractivity contribution in [2.24, 2.45) is 11.8 Å². The Bertz CT molecular complexity index is 1800. The highest BCUT2D eigenvalue weighted by atomic mass is 16.5. The number of likely N-dealkylation sites (tertiary alicyclic amines) is 2. The Balaban J connectivity index is 1.11. The van der Waals surface area contributed by atoms with Gasteiger partial charge in [-0.05, 0) is 59.8 Å². The molecule has 0 aliphatic carbocycles. The SMILES string of the molecule is COC(=O)N[C@H](C(=O)N1CCC[C@@H]1c1ncc(-c2ccc(-c3ccc(-c4cnc([C@H]5CCCN5C(=O)[C@@H](NC(=O)OC)C(C)C)[nH]4)cc3)cc2)[nH]1)C(C)C. The van der Waals surface area contributed by atoms with Crippen LogP contribution in [-0.2, 0) is 19.1 Å². The summed E-state index contributed by atoms with van der Waals surface area (Å²) in [5, 5.41) is 5.38. The lowest BCUT2D eigenvalue weighted by Crippen LogP contribution is -2.51. The van der Waals surface area contributed by atoms with Crippen molar-refractivity contribution in [3.63, 3.8) is 0 Å². The van der Waals surface area contributed by atoms with E-state index < -0.39 is 24.3 Å². The van der Waals surface area contributed by atoms with E-state index in [1.54, 1.807) is 22.2 Å². The molecule has 0 saturated carbocycles. The van der Waals surface area contributed by atoms with Gasteiger partial charge in [0.15, 0.2) is 0 Å². The van der Waals surface area contributed by atoms with E-state index in [2.05, 4.69) is 54.8 Å². The van der Waals surface area contributed by atoms with E-state index >= 15 is 0 Å². The van der Waals surface area contributed by atoms with E-state index in [9.17, 15) is 19.2 Å². The molecule has 6 rings (SSSR count). The van der Waals surface area contributed by atoms with Gasteiger partial charge in [-0.25, -0.2) is 19.6 Å². The number of benzene rings is 2. The van der Waals surface area contributed by atoms with Gasteiger partial charge in [0, 0.05) is 13.1 Å². The summed E-state index contributed by atoms with van der Waals surface area (Å²) in [5.41, 5.74) is 5.78. The highest BCUT2D eigenvalue weighted by Gasteiger charge is 2.39. The zero-order valence-corrected chi connectivity index (χ0v) is 31.7. The number of rotatable bonds is 11. The highest BCUT2D eigenvalue weighted by Crippen LogP contribution is 2.35. The Morgan fingerprint density at radius 1 is 0.630 bits per heavy atom. The molecule has 2 aliphatic heterocycles. The van der Waals surface area contributed by atoms with Gasteiger partial charge in [-0.15, -0.1) is 0 Å². The smallest absolute Gasteiger partial charge is 0.407 e. The molecule has 0 radical (unpaired) electrons. The van der Waals surface area contributed by atoms with Gasteiger partial charge in [-0.3, -0.25) is 9.59 Å². The summed E-state index contributed by atoms with van der Waals surface area (Å²) in [6, 6.07) is 14.7. The quantitative estimate of drug-likeness (QED) is 0.140. The predicted molar refractivity (Wildman–Crippen MR) is 203 cm³/mol. The van der Waals surface area contributed by atoms with E-state index in [1.807, 2.05) is 52.0 Å². The van der Waals surface area contributed by atoms with Crippen LogP contribution in [0.3, 0.4) is 0 Å². The molecule has 54 heavy (non-hydrogen) atoms. The first kappa shape index (κ1) is 38.1. The maximum absolute atomic E-state index is 13.5. The number of aromatic amines is 2. The first-order valence-corrected chi connectivity index (χ1v) is 18.6. The molecule has 2 aromatic carbocycles. The van der Waals surface area contributed by atoms with E-state index in [-0.39, 0.29) is 35.7 Å². The van der Waals surface area contributed by atoms with Crippen LogP contribution in [0.5, 0.6) is 0 Å². The summed E-state index contributed by atoms with van der Waals surface area (Å²) in [6.07, 6.45) is 5.61. The van der Waals surface area contributed by atoms with Gasteiger partial charge in [0.05, 0.1) is 50.1 Å². The largest absolute Gasteiger partial charge is 0.453 e. The maximum Gasteiger partial charge on any atom is 0.407 e. The molecule has 2 saturated heterocycles. The number of carbonyl (C=O) groups excluding carboxylic acids is 4. The van der Waals surface area contributed by atoms with Gasteiger partial charge in [0.25, 0.3) is 0 Å². The number of methoxy groups -OCH3 is 2. The zero-order valence-electron chi connectivity index (χ0n) is 31.7. The fourth-order valence-electron chi connectivity index (χ4n) is 7.38. The van der Waals surface area contributed by atoms with Crippen molar-refractivity contribution in [2.45, 2.75) is 77.5 Å². The van der Waals surface area contributed by atoms with E-state index in [0.29, 0.717) is 13.1 Å². The van der Waals surface area contributed by atoms with Crippen molar-refractivity contribution in [2.75, 3.05) is 27.3 Å². The number of hydrogen-bond donors (Lipinski definition) is 4. The highest BCUT2D eigenvalue weighted by molar-refractivity contribution is 5.87. The lowest BCUT2D eigenvalue weighted by molar-refractivity contribution is -0.136. The normalized spacial score (nSPS) is 18.1. The third-order valence-corrected chi connectivity index (χ3v) is 10.4. The van der Waals surface area contributed by atoms with Crippen molar-refractivity contribution in [1.82, 2.24) is 40.4 Å². The molecule has 14 nitrogen and oxygen atoms in total. The van der Waals surface area contributed by atoms with E-state index in [0.717, 1.165) is 71.0 Å². The number of alkyl carbamates (subject to hydrolysis) is 2. The minimum absolute atomic E-state index is 0.104. The van der Waals surface area contributed by atoms with Crippen LogP contribution in [-0.4, -0.2) is 93.1 Å². The maximum atomic E-state index is 13.5. The monoisotopic (exact) mass is 738 g/mol. The molecule has 286 valence electrons. The van der Waals surface area contributed by atoms with Crippen LogP contribution < -0.4 is 10.6 Å². The van der Waals surface area contributed by atoms with Gasteiger partial charge in [-0.1, -0.05) is 76.2 Å². The molecule has 2 aliphatic rings. The van der Waals surface area contributed by atoms with E-state index in [4.69, 9.17) is 9.47 Å². The molecule has 4 atom stereocenters. The average Bonchev–Trinajstić information content (AvgIpc) is 4.02. The summed E-state index contributed by atoms with van der Waals surface area (Å²) in [4.78, 5) is 70.7. The number of nitrogens with zero attached hydrogens (tertiary/aromatic N) is 4. The molecule has 0 spiro atoms. The van der Waals surface area contributed by atoms with Crippen molar-refractivity contribution >= 4 is 24.0 Å². The summed E-state index contributed by atoms with van der Waals surface area (Å²) in [5.74, 6) is 0.955.